The molecule has 5 nitrogen and oxygen atoms in total. The minimum absolute atomic E-state index is 0.547. The van der Waals surface area contributed by atoms with Gasteiger partial charge in [0, 0.05) is 12.6 Å². The minimum atomic E-state index is 0.547. The Labute approximate surface area is 147 Å². The van der Waals surface area contributed by atoms with Crippen molar-refractivity contribution in [3.05, 3.63) is 65.0 Å². The molecular weight excluding hydrogens is 322 g/mol. The quantitative estimate of drug-likeness (QED) is 0.642. The van der Waals surface area contributed by atoms with Gasteiger partial charge in [-0.3, -0.25) is 4.68 Å². The van der Waals surface area contributed by atoms with Crippen molar-refractivity contribution < 1.29 is 0 Å². The van der Waals surface area contributed by atoms with Gasteiger partial charge in [-0.05, 0) is 12.0 Å². The van der Waals surface area contributed by atoms with Crippen molar-refractivity contribution >= 4 is 17.3 Å². The molecule has 0 bridgehead atoms. The highest BCUT2D eigenvalue weighted by Gasteiger charge is 2.08. The molecule has 0 saturated carbocycles. The molecule has 0 unspecified atom stereocenters. The topological polar surface area (TPSA) is 58.5 Å². The highest BCUT2D eigenvalue weighted by molar-refractivity contribution is 6.30. The number of benzene rings is 1. The molecule has 0 amide bonds. The molecule has 6 heteroatoms. The van der Waals surface area contributed by atoms with Gasteiger partial charge in [-0.25, -0.2) is 4.98 Å². The number of hydrogen-bond acceptors (Lipinski definition) is 3. The van der Waals surface area contributed by atoms with E-state index in [-0.39, 0.29) is 0 Å². The first-order chi connectivity index (χ1) is 11.7. The number of aromatic amines is 1. The summed E-state index contributed by atoms with van der Waals surface area (Å²) >= 11 is 6.20. The first kappa shape index (κ1) is 16.6. The van der Waals surface area contributed by atoms with Crippen LogP contribution in [0.1, 0.15) is 36.8 Å². The molecule has 126 valence electrons. The van der Waals surface area contributed by atoms with Crippen molar-refractivity contribution in [3.8, 4) is 0 Å². The van der Waals surface area contributed by atoms with Gasteiger partial charge in [-0.15, -0.1) is 0 Å². The fraction of sp³-hybridized carbons (Fsp3) is 0.333. The third-order valence-electron chi connectivity index (χ3n) is 3.83. The van der Waals surface area contributed by atoms with Crippen LogP contribution in [0, 0.1) is 0 Å². The fourth-order valence-corrected chi connectivity index (χ4v) is 2.74. The molecule has 0 spiro atoms. The number of imidazole rings is 1. The third kappa shape index (κ3) is 4.38. The summed E-state index contributed by atoms with van der Waals surface area (Å²) in [4.78, 5) is 7.67. The number of unbranched alkanes of at least 4 members (excludes halogenated alkanes) is 1. The molecule has 24 heavy (non-hydrogen) atoms. The Morgan fingerprint density at radius 2 is 2.08 bits per heavy atom. The van der Waals surface area contributed by atoms with E-state index in [0.29, 0.717) is 11.7 Å². The highest BCUT2D eigenvalue weighted by atomic mass is 35.5. The number of anilines is 1. The van der Waals surface area contributed by atoms with Gasteiger partial charge in [-0.2, -0.15) is 5.10 Å². The Kier molecular flexibility index (Phi) is 5.54. The van der Waals surface area contributed by atoms with Crippen molar-refractivity contribution in [3.63, 3.8) is 0 Å². The standard InChI is InChI=1S/C18H22ClN5/c1-2-3-9-17-22-16(18(19)23-17)11-20-15-10-21-24(13-15)12-14-7-5-4-6-8-14/h4-8,10,13,20H,2-3,9,11-12H2,1H3,(H,22,23). The predicted octanol–water partition coefficient (Wildman–Crippen LogP) is 4.26. The normalized spacial score (nSPS) is 10.9. The Bertz CT molecular complexity index is 763. The van der Waals surface area contributed by atoms with E-state index in [0.717, 1.165) is 43.0 Å². The molecule has 3 rings (SSSR count). The number of H-pyrrole nitrogens is 1. The van der Waals surface area contributed by atoms with E-state index in [9.17, 15) is 0 Å². The molecule has 1 aromatic carbocycles. The average molecular weight is 344 g/mol. The zero-order valence-corrected chi connectivity index (χ0v) is 14.6. The van der Waals surface area contributed by atoms with Crippen LogP contribution < -0.4 is 5.32 Å². The Morgan fingerprint density at radius 3 is 2.88 bits per heavy atom. The van der Waals surface area contributed by atoms with E-state index in [2.05, 4.69) is 39.4 Å². The van der Waals surface area contributed by atoms with E-state index in [1.165, 1.54) is 5.56 Å². The maximum Gasteiger partial charge on any atom is 0.152 e. The summed E-state index contributed by atoms with van der Waals surface area (Å²) in [6.45, 7) is 3.53. The van der Waals surface area contributed by atoms with Crippen LogP contribution in [0.4, 0.5) is 5.69 Å². The molecule has 2 heterocycles. The van der Waals surface area contributed by atoms with E-state index < -0.39 is 0 Å². The third-order valence-corrected chi connectivity index (χ3v) is 4.15. The van der Waals surface area contributed by atoms with Crippen molar-refractivity contribution in [2.45, 2.75) is 39.3 Å². The summed E-state index contributed by atoms with van der Waals surface area (Å²) in [6.07, 6.45) is 7.02. The number of halogens is 1. The maximum atomic E-state index is 6.20. The van der Waals surface area contributed by atoms with Crippen LogP contribution in [0.25, 0.3) is 0 Å². The lowest BCUT2D eigenvalue weighted by Crippen LogP contribution is -2.01. The summed E-state index contributed by atoms with van der Waals surface area (Å²) in [7, 11) is 0. The van der Waals surface area contributed by atoms with E-state index in [1.54, 1.807) is 0 Å². The summed E-state index contributed by atoms with van der Waals surface area (Å²) in [5.41, 5.74) is 3.11. The molecule has 2 aromatic heterocycles. The average Bonchev–Trinajstić information content (AvgIpc) is 3.18. The second-order valence-corrected chi connectivity index (χ2v) is 6.18. The molecule has 0 atom stereocenters. The van der Waals surface area contributed by atoms with Crippen LogP contribution in [0.3, 0.4) is 0 Å². The van der Waals surface area contributed by atoms with Crippen molar-refractivity contribution in [2.24, 2.45) is 0 Å². The Hall–Kier alpha value is -2.27. The van der Waals surface area contributed by atoms with Gasteiger partial charge in [0.2, 0.25) is 0 Å². The number of aromatic nitrogens is 4. The molecule has 0 aliphatic rings. The number of rotatable bonds is 8. The van der Waals surface area contributed by atoms with Crippen LogP contribution in [0.15, 0.2) is 42.7 Å². The molecule has 3 aromatic rings. The molecule has 2 N–H and O–H groups in total. The van der Waals surface area contributed by atoms with E-state index >= 15 is 0 Å². The van der Waals surface area contributed by atoms with Crippen molar-refractivity contribution in [1.29, 1.82) is 0 Å². The monoisotopic (exact) mass is 343 g/mol. The van der Waals surface area contributed by atoms with Gasteiger partial charge in [0.1, 0.15) is 5.82 Å². The number of nitrogens with zero attached hydrogens (tertiary/aromatic N) is 3. The van der Waals surface area contributed by atoms with Gasteiger partial charge in [0.15, 0.2) is 5.15 Å². The maximum absolute atomic E-state index is 6.20. The molecule has 0 saturated heterocycles. The first-order valence-corrected chi connectivity index (χ1v) is 8.66. The van der Waals surface area contributed by atoms with E-state index in [1.807, 2.05) is 35.3 Å². The van der Waals surface area contributed by atoms with Crippen molar-refractivity contribution in [2.75, 3.05) is 5.32 Å². The SMILES string of the molecule is CCCCc1nc(Cl)c(CNc2cnn(Cc3ccccc3)c2)[nH]1. The lowest BCUT2D eigenvalue weighted by Gasteiger charge is -2.02. The van der Waals surface area contributed by atoms with Crippen LogP contribution in [0.5, 0.6) is 0 Å². The van der Waals surface area contributed by atoms with Gasteiger partial charge < -0.3 is 10.3 Å². The predicted molar refractivity (Wildman–Crippen MR) is 97.3 cm³/mol. The second kappa shape index (κ2) is 8.02. The van der Waals surface area contributed by atoms with Gasteiger partial charge in [0.05, 0.1) is 30.7 Å². The molecule has 0 aliphatic heterocycles. The summed E-state index contributed by atoms with van der Waals surface area (Å²) in [5, 5.41) is 8.27. The van der Waals surface area contributed by atoms with Crippen LogP contribution in [0.2, 0.25) is 5.15 Å². The number of nitrogens with one attached hydrogen (secondary N) is 2. The van der Waals surface area contributed by atoms with Crippen molar-refractivity contribution in [1.82, 2.24) is 19.7 Å². The zero-order valence-electron chi connectivity index (χ0n) is 13.8. The smallest absolute Gasteiger partial charge is 0.152 e. The second-order valence-electron chi connectivity index (χ2n) is 5.82. The number of aryl methyl sites for hydroxylation is 1. The first-order valence-electron chi connectivity index (χ1n) is 8.28. The largest absolute Gasteiger partial charge is 0.377 e. The molecule has 0 fully saturated rings. The molecule has 0 radical (unpaired) electrons. The molecule has 0 aliphatic carbocycles. The van der Waals surface area contributed by atoms with Gasteiger partial charge >= 0.3 is 0 Å². The van der Waals surface area contributed by atoms with Crippen LogP contribution in [-0.2, 0) is 19.5 Å². The fourth-order valence-electron chi connectivity index (χ4n) is 2.52. The molecular formula is C18H22ClN5. The van der Waals surface area contributed by atoms with Gasteiger partial charge in [-0.1, -0.05) is 55.3 Å². The lowest BCUT2D eigenvalue weighted by molar-refractivity contribution is 0.687. The van der Waals surface area contributed by atoms with Crippen LogP contribution >= 0.6 is 11.6 Å². The highest BCUT2D eigenvalue weighted by Crippen LogP contribution is 2.16. The van der Waals surface area contributed by atoms with Gasteiger partial charge in [0.25, 0.3) is 0 Å². The summed E-state index contributed by atoms with van der Waals surface area (Å²) < 4.78 is 1.92. The van der Waals surface area contributed by atoms with Crippen LogP contribution in [-0.4, -0.2) is 19.7 Å². The Morgan fingerprint density at radius 1 is 1.25 bits per heavy atom. The minimum Gasteiger partial charge on any atom is -0.377 e. The van der Waals surface area contributed by atoms with E-state index in [4.69, 9.17) is 11.6 Å². The Balaban J connectivity index is 1.56. The lowest BCUT2D eigenvalue weighted by atomic mass is 10.2. The summed E-state index contributed by atoms with van der Waals surface area (Å²) in [5.74, 6) is 0.957. The summed E-state index contributed by atoms with van der Waals surface area (Å²) in [6, 6.07) is 10.3. The zero-order chi connectivity index (χ0) is 16.8. The number of hydrogen-bond donors (Lipinski definition) is 2.